The highest BCUT2D eigenvalue weighted by Crippen LogP contribution is 2.25. The largest absolute Gasteiger partial charge is 0.354 e. The van der Waals surface area contributed by atoms with E-state index in [1.165, 1.54) is 0 Å². The molecule has 0 saturated heterocycles. The maximum atomic E-state index is 13.9. The number of carbonyl (C=O) groups is 2. The van der Waals surface area contributed by atoms with E-state index in [9.17, 15) is 9.59 Å². The molecule has 36 heavy (non-hydrogen) atoms. The van der Waals surface area contributed by atoms with E-state index in [0.29, 0.717) is 19.0 Å². The fourth-order valence-electron chi connectivity index (χ4n) is 4.16. The van der Waals surface area contributed by atoms with Gasteiger partial charge >= 0.3 is 0 Å². The Hall–Kier alpha value is -4.00. The first-order chi connectivity index (χ1) is 17.4. The van der Waals surface area contributed by atoms with E-state index in [1.54, 1.807) is 9.58 Å². The molecule has 2 amide bonds. The molecule has 0 aliphatic heterocycles. The van der Waals surface area contributed by atoms with E-state index in [4.69, 9.17) is 0 Å². The summed E-state index contributed by atoms with van der Waals surface area (Å²) in [6.07, 6.45) is 0.865. The van der Waals surface area contributed by atoms with Crippen molar-refractivity contribution in [1.82, 2.24) is 25.2 Å². The third-order valence-electron chi connectivity index (χ3n) is 6.20. The van der Waals surface area contributed by atoms with Crippen LogP contribution in [0.3, 0.4) is 0 Å². The minimum absolute atomic E-state index is 0.0189. The molecule has 7 nitrogen and oxygen atoms in total. The van der Waals surface area contributed by atoms with Gasteiger partial charge in [-0.1, -0.05) is 91.4 Å². The molecule has 0 radical (unpaired) electrons. The lowest BCUT2D eigenvalue weighted by atomic mass is 10.0. The van der Waals surface area contributed by atoms with Crippen LogP contribution in [0.15, 0.2) is 78.9 Å². The third-order valence-corrected chi connectivity index (χ3v) is 6.20. The summed E-state index contributed by atoms with van der Waals surface area (Å²) in [7, 11) is 0. The molecule has 7 heteroatoms. The van der Waals surface area contributed by atoms with Crippen LogP contribution in [0.5, 0.6) is 0 Å². The molecule has 1 aromatic heterocycles. The first-order valence-corrected chi connectivity index (χ1v) is 12.4. The van der Waals surface area contributed by atoms with Crippen molar-refractivity contribution in [1.29, 1.82) is 0 Å². The minimum atomic E-state index is -0.776. The van der Waals surface area contributed by atoms with Gasteiger partial charge in [0, 0.05) is 13.1 Å². The lowest BCUT2D eigenvalue weighted by Gasteiger charge is -2.32. The van der Waals surface area contributed by atoms with Crippen LogP contribution < -0.4 is 5.32 Å². The molecule has 0 aliphatic rings. The van der Waals surface area contributed by atoms with Crippen LogP contribution in [-0.4, -0.2) is 38.3 Å². The van der Waals surface area contributed by atoms with Gasteiger partial charge < -0.3 is 10.2 Å². The van der Waals surface area contributed by atoms with Crippen molar-refractivity contribution in [2.75, 3.05) is 6.54 Å². The van der Waals surface area contributed by atoms with Gasteiger partial charge in [-0.05, 0) is 42.5 Å². The Kier molecular flexibility index (Phi) is 8.10. The highest BCUT2D eigenvalue weighted by molar-refractivity contribution is 5.89. The van der Waals surface area contributed by atoms with E-state index in [0.717, 1.165) is 34.1 Å². The number of fused-ring (bicyclic) bond motifs is 1. The number of nitrogens with one attached hydrogen (secondary N) is 1. The molecule has 186 valence electrons. The van der Waals surface area contributed by atoms with E-state index in [-0.39, 0.29) is 18.4 Å². The number of nitrogens with zero attached hydrogens (tertiary/aromatic N) is 4. The summed E-state index contributed by atoms with van der Waals surface area (Å²) in [5.41, 5.74) is 4.36. The van der Waals surface area contributed by atoms with Crippen LogP contribution in [0.4, 0.5) is 0 Å². The first kappa shape index (κ1) is 25.1. The molecule has 4 aromatic rings. The standard InChI is InChI=1S/C29H33N5O2/c1-21(2)17-18-30-29(36)28(24-9-5-4-6-10-24)33(19-23-15-13-22(3)14-16-23)27(35)20-34-26-12-8-7-11-25(26)31-32-34/h4-16,21,28H,17-20H2,1-3H3,(H,30,36). The smallest absolute Gasteiger partial charge is 0.247 e. The molecule has 4 rings (SSSR count). The highest BCUT2D eigenvalue weighted by atomic mass is 16.2. The Morgan fingerprint density at radius 2 is 1.64 bits per heavy atom. The van der Waals surface area contributed by atoms with E-state index >= 15 is 0 Å². The minimum Gasteiger partial charge on any atom is -0.354 e. The summed E-state index contributed by atoms with van der Waals surface area (Å²) in [6, 6.07) is 24.3. The van der Waals surface area contributed by atoms with Crippen LogP contribution in [-0.2, 0) is 22.7 Å². The van der Waals surface area contributed by atoms with Crippen molar-refractivity contribution in [2.24, 2.45) is 5.92 Å². The summed E-state index contributed by atoms with van der Waals surface area (Å²) in [5.74, 6) is 0.0659. The fourth-order valence-corrected chi connectivity index (χ4v) is 4.16. The number of hydrogen-bond acceptors (Lipinski definition) is 4. The number of rotatable bonds is 10. The number of hydrogen-bond donors (Lipinski definition) is 1. The highest BCUT2D eigenvalue weighted by Gasteiger charge is 2.32. The summed E-state index contributed by atoms with van der Waals surface area (Å²) >= 11 is 0. The summed E-state index contributed by atoms with van der Waals surface area (Å²) in [4.78, 5) is 29.1. The van der Waals surface area contributed by atoms with Gasteiger partial charge in [0.25, 0.3) is 0 Å². The second kappa shape index (κ2) is 11.6. The molecular formula is C29H33N5O2. The monoisotopic (exact) mass is 483 g/mol. The summed E-state index contributed by atoms with van der Waals surface area (Å²) in [5, 5.41) is 11.4. The normalized spacial score (nSPS) is 12.0. The zero-order valence-electron chi connectivity index (χ0n) is 21.1. The molecule has 0 fully saturated rings. The molecule has 0 saturated carbocycles. The number of aromatic nitrogens is 3. The second-order valence-corrected chi connectivity index (χ2v) is 9.53. The van der Waals surface area contributed by atoms with Crippen molar-refractivity contribution < 1.29 is 9.59 Å². The van der Waals surface area contributed by atoms with Gasteiger partial charge in [0.2, 0.25) is 11.8 Å². The number of aryl methyl sites for hydroxylation is 1. The second-order valence-electron chi connectivity index (χ2n) is 9.53. The van der Waals surface area contributed by atoms with Crippen LogP contribution in [0, 0.1) is 12.8 Å². The first-order valence-electron chi connectivity index (χ1n) is 12.4. The fraction of sp³-hybridized carbons (Fsp3) is 0.310. The van der Waals surface area contributed by atoms with Crippen LogP contribution in [0.25, 0.3) is 11.0 Å². The molecule has 3 aromatic carbocycles. The number of carbonyl (C=O) groups excluding carboxylic acids is 2. The molecule has 0 aliphatic carbocycles. The molecule has 0 bridgehead atoms. The Labute approximate surface area is 212 Å². The van der Waals surface area contributed by atoms with Crippen molar-refractivity contribution in [2.45, 2.75) is 46.3 Å². The summed E-state index contributed by atoms with van der Waals surface area (Å²) in [6.45, 7) is 7.10. The SMILES string of the molecule is Cc1ccc(CN(C(=O)Cn2nnc3ccccc32)C(C(=O)NCCC(C)C)c2ccccc2)cc1. The third kappa shape index (κ3) is 6.16. The number of benzene rings is 3. The zero-order chi connectivity index (χ0) is 25.5. The maximum absolute atomic E-state index is 13.9. The van der Waals surface area contributed by atoms with Crippen molar-refractivity contribution in [3.8, 4) is 0 Å². The molecule has 1 atom stereocenters. The molecular weight excluding hydrogens is 450 g/mol. The van der Waals surface area contributed by atoms with Gasteiger partial charge in [-0.2, -0.15) is 0 Å². The van der Waals surface area contributed by atoms with Crippen molar-refractivity contribution in [3.63, 3.8) is 0 Å². The maximum Gasteiger partial charge on any atom is 0.247 e. The zero-order valence-corrected chi connectivity index (χ0v) is 21.1. The average Bonchev–Trinajstić information content (AvgIpc) is 3.28. The van der Waals surface area contributed by atoms with Crippen LogP contribution >= 0.6 is 0 Å². The quantitative estimate of drug-likeness (QED) is 0.355. The molecule has 1 unspecified atom stereocenters. The van der Waals surface area contributed by atoms with Crippen LogP contribution in [0.2, 0.25) is 0 Å². The average molecular weight is 484 g/mol. The molecule has 1 N–H and O–H groups in total. The molecule has 0 spiro atoms. The van der Waals surface area contributed by atoms with Gasteiger partial charge in [-0.25, -0.2) is 4.68 Å². The lowest BCUT2D eigenvalue weighted by Crippen LogP contribution is -2.45. The van der Waals surface area contributed by atoms with Crippen molar-refractivity contribution in [3.05, 3.63) is 95.6 Å². The van der Waals surface area contributed by atoms with E-state index < -0.39 is 6.04 Å². The predicted molar refractivity (Wildman–Crippen MR) is 141 cm³/mol. The van der Waals surface area contributed by atoms with Gasteiger partial charge in [0.1, 0.15) is 18.1 Å². The predicted octanol–water partition coefficient (Wildman–Crippen LogP) is 4.67. The summed E-state index contributed by atoms with van der Waals surface area (Å²) < 4.78 is 1.60. The number of para-hydroxylation sites is 1. The lowest BCUT2D eigenvalue weighted by molar-refractivity contribution is -0.142. The van der Waals surface area contributed by atoms with Gasteiger partial charge in [-0.15, -0.1) is 5.10 Å². The van der Waals surface area contributed by atoms with E-state index in [1.807, 2.05) is 85.8 Å². The topological polar surface area (TPSA) is 80.1 Å². The van der Waals surface area contributed by atoms with E-state index in [2.05, 4.69) is 29.5 Å². The Bertz CT molecular complexity index is 1300. The van der Waals surface area contributed by atoms with Gasteiger partial charge in [0.05, 0.1) is 5.52 Å². The Balaban J connectivity index is 1.69. The Morgan fingerprint density at radius 3 is 2.36 bits per heavy atom. The number of amides is 2. The Morgan fingerprint density at radius 1 is 0.944 bits per heavy atom. The van der Waals surface area contributed by atoms with Gasteiger partial charge in [0.15, 0.2) is 0 Å². The molecule has 1 heterocycles. The van der Waals surface area contributed by atoms with Crippen molar-refractivity contribution >= 4 is 22.8 Å². The van der Waals surface area contributed by atoms with Gasteiger partial charge in [-0.3, -0.25) is 9.59 Å². The van der Waals surface area contributed by atoms with Crippen LogP contribution in [0.1, 0.15) is 43.0 Å².